The molecule has 0 unspecified atom stereocenters. The third-order valence-electron chi connectivity index (χ3n) is 6.34. The molecule has 0 spiro atoms. The molecule has 2 N–H and O–H groups in total. The van der Waals surface area contributed by atoms with Crippen LogP contribution in [0.2, 0.25) is 0 Å². The fourth-order valence-electron chi connectivity index (χ4n) is 4.50. The van der Waals surface area contributed by atoms with Gasteiger partial charge >= 0.3 is 0 Å². The molecule has 0 aromatic heterocycles. The molecule has 33 heavy (non-hydrogen) atoms. The minimum absolute atomic E-state index is 0.0378. The second-order valence-corrected chi connectivity index (χ2v) is 8.76. The van der Waals surface area contributed by atoms with Crippen LogP contribution in [0, 0.1) is 5.82 Å². The third-order valence-corrected chi connectivity index (χ3v) is 6.34. The van der Waals surface area contributed by atoms with E-state index in [1.54, 1.807) is 18.2 Å². The van der Waals surface area contributed by atoms with Gasteiger partial charge in [0.15, 0.2) is 0 Å². The van der Waals surface area contributed by atoms with Crippen LogP contribution in [0.5, 0.6) is 0 Å². The number of carbonyl (C=O) groups excluding carboxylic acids is 2. The molecular formula is C28H29FN2O2. The van der Waals surface area contributed by atoms with Crippen LogP contribution in [0.25, 0.3) is 11.1 Å². The molecule has 1 atom stereocenters. The smallest absolute Gasteiger partial charge is 0.220 e. The van der Waals surface area contributed by atoms with Crippen molar-refractivity contribution in [3.8, 4) is 11.1 Å². The summed E-state index contributed by atoms with van der Waals surface area (Å²) < 4.78 is 13.7. The summed E-state index contributed by atoms with van der Waals surface area (Å²) in [7, 11) is 0. The zero-order valence-corrected chi connectivity index (χ0v) is 18.6. The van der Waals surface area contributed by atoms with E-state index in [4.69, 9.17) is 0 Å². The van der Waals surface area contributed by atoms with Gasteiger partial charge in [0, 0.05) is 24.9 Å². The SMILES string of the molecule is O=C(CC[C@]1(Cc2ccc(-c3ccccc3)cc2)CCC(=O)N1)NCCc1ccccc1F. The molecule has 4 nitrogen and oxygen atoms in total. The number of benzene rings is 3. The van der Waals surface area contributed by atoms with Gasteiger partial charge in [-0.25, -0.2) is 4.39 Å². The fraction of sp³-hybridized carbons (Fsp3) is 0.286. The molecule has 170 valence electrons. The van der Waals surface area contributed by atoms with Gasteiger partial charge in [0.2, 0.25) is 11.8 Å². The van der Waals surface area contributed by atoms with Gasteiger partial charge in [-0.1, -0.05) is 72.8 Å². The first-order valence-corrected chi connectivity index (χ1v) is 11.5. The van der Waals surface area contributed by atoms with Crippen LogP contribution < -0.4 is 10.6 Å². The highest BCUT2D eigenvalue weighted by molar-refractivity contribution is 5.80. The van der Waals surface area contributed by atoms with Crippen molar-refractivity contribution in [3.63, 3.8) is 0 Å². The van der Waals surface area contributed by atoms with Crippen molar-refractivity contribution in [1.29, 1.82) is 0 Å². The van der Waals surface area contributed by atoms with Crippen molar-refractivity contribution in [1.82, 2.24) is 10.6 Å². The monoisotopic (exact) mass is 444 g/mol. The predicted octanol–water partition coefficient (Wildman–Crippen LogP) is 4.82. The molecule has 2 amide bonds. The van der Waals surface area contributed by atoms with E-state index >= 15 is 0 Å². The van der Waals surface area contributed by atoms with E-state index in [9.17, 15) is 14.0 Å². The molecule has 1 heterocycles. The summed E-state index contributed by atoms with van der Waals surface area (Å²) in [4.78, 5) is 24.5. The lowest BCUT2D eigenvalue weighted by Crippen LogP contribution is -2.44. The van der Waals surface area contributed by atoms with E-state index in [0.29, 0.717) is 44.2 Å². The quantitative estimate of drug-likeness (QED) is 0.497. The Kier molecular flexibility index (Phi) is 7.18. The summed E-state index contributed by atoms with van der Waals surface area (Å²) in [6.07, 6.45) is 3.24. The van der Waals surface area contributed by atoms with Crippen LogP contribution in [0.3, 0.4) is 0 Å². The molecule has 0 radical (unpaired) electrons. The Hall–Kier alpha value is -3.47. The topological polar surface area (TPSA) is 58.2 Å². The second-order valence-electron chi connectivity index (χ2n) is 8.76. The van der Waals surface area contributed by atoms with Crippen LogP contribution in [0.15, 0.2) is 78.9 Å². The number of rotatable bonds is 9. The van der Waals surface area contributed by atoms with Crippen molar-refractivity contribution >= 4 is 11.8 Å². The highest BCUT2D eigenvalue weighted by atomic mass is 19.1. The normalized spacial score (nSPS) is 17.5. The number of hydrogen-bond donors (Lipinski definition) is 2. The molecule has 1 aliphatic heterocycles. The number of hydrogen-bond acceptors (Lipinski definition) is 2. The Morgan fingerprint density at radius 3 is 2.33 bits per heavy atom. The minimum Gasteiger partial charge on any atom is -0.356 e. The molecule has 3 aromatic carbocycles. The average molecular weight is 445 g/mol. The molecule has 1 aliphatic rings. The van der Waals surface area contributed by atoms with E-state index in [1.165, 1.54) is 11.6 Å². The molecule has 0 saturated carbocycles. The standard InChI is InChI=1S/C28H29FN2O2/c29-25-9-5-4-8-24(25)16-19-30-26(32)14-17-28(18-15-27(33)31-28)20-21-10-12-23(13-11-21)22-6-2-1-3-7-22/h1-13H,14-20H2,(H,30,32)(H,31,33)/t28-/m1/s1. The summed E-state index contributed by atoms with van der Waals surface area (Å²) in [6.45, 7) is 0.389. The average Bonchev–Trinajstić information content (AvgIpc) is 3.20. The van der Waals surface area contributed by atoms with E-state index < -0.39 is 5.54 Å². The minimum atomic E-state index is -0.409. The Bertz CT molecular complexity index is 1100. The van der Waals surface area contributed by atoms with Crippen LogP contribution in [-0.2, 0) is 22.4 Å². The van der Waals surface area contributed by atoms with Crippen LogP contribution in [0.1, 0.15) is 36.8 Å². The van der Waals surface area contributed by atoms with Gasteiger partial charge in [0.1, 0.15) is 5.82 Å². The van der Waals surface area contributed by atoms with E-state index in [-0.39, 0.29) is 17.6 Å². The molecule has 3 aromatic rings. The Labute approximate surface area is 194 Å². The Balaban J connectivity index is 1.33. The largest absolute Gasteiger partial charge is 0.356 e. The van der Waals surface area contributed by atoms with Crippen molar-refractivity contribution in [2.24, 2.45) is 0 Å². The first-order chi connectivity index (χ1) is 16.0. The van der Waals surface area contributed by atoms with E-state index in [2.05, 4.69) is 47.0 Å². The molecule has 5 heteroatoms. The zero-order valence-electron chi connectivity index (χ0n) is 18.6. The van der Waals surface area contributed by atoms with Crippen molar-refractivity contribution in [2.45, 2.75) is 44.1 Å². The summed E-state index contributed by atoms with van der Waals surface area (Å²) >= 11 is 0. The summed E-state index contributed by atoms with van der Waals surface area (Å²) in [6, 6.07) is 25.2. The molecule has 1 saturated heterocycles. The van der Waals surface area contributed by atoms with Gasteiger partial charge in [-0.2, -0.15) is 0 Å². The van der Waals surface area contributed by atoms with Crippen molar-refractivity contribution < 1.29 is 14.0 Å². The van der Waals surface area contributed by atoms with E-state index in [1.807, 2.05) is 18.2 Å². The molecule has 0 aliphatic carbocycles. The van der Waals surface area contributed by atoms with E-state index in [0.717, 1.165) is 17.5 Å². The first-order valence-electron chi connectivity index (χ1n) is 11.5. The molecule has 1 fully saturated rings. The molecule has 0 bridgehead atoms. The van der Waals surface area contributed by atoms with Gasteiger partial charge in [-0.3, -0.25) is 9.59 Å². The maximum atomic E-state index is 13.7. The lowest BCUT2D eigenvalue weighted by Gasteiger charge is -2.29. The maximum Gasteiger partial charge on any atom is 0.220 e. The van der Waals surface area contributed by atoms with Crippen LogP contribution in [-0.4, -0.2) is 23.9 Å². The summed E-state index contributed by atoms with van der Waals surface area (Å²) in [5, 5.41) is 6.02. The number of amides is 2. The van der Waals surface area contributed by atoms with Crippen molar-refractivity contribution in [2.75, 3.05) is 6.54 Å². The van der Waals surface area contributed by atoms with Gasteiger partial charge in [0.05, 0.1) is 0 Å². The summed E-state index contributed by atoms with van der Waals surface area (Å²) in [5.41, 5.74) is 3.64. The fourth-order valence-corrected chi connectivity index (χ4v) is 4.50. The maximum absolute atomic E-state index is 13.7. The van der Waals surface area contributed by atoms with Crippen molar-refractivity contribution in [3.05, 3.63) is 95.8 Å². The van der Waals surface area contributed by atoms with Gasteiger partial charge in [-0.15, -0.1) is 0 Å². The van der Waals surface area contributed by atoms with Crippen LogP contribution in [0.4, 0.5) is 4.39 Å². The van der Waals surface area contributed by atoms with Gasteiger partial charge < -0.3 is 10.6 Å². The number of nitrogens with one attached hydrogen (secondary N) is 2. The molecule has 4 rings (SSSR count). The lowest BCUT2D eigenvalue weighted by molar-refractivity contribution is -0.122. The highest BCUT2D eigenvalue weighted by Crippen LogP contribution is 2.30. The van der Waals surface area contributed by atoms with Gasteiger partial charge in [0.25, 0.3) is 0 Å². The predicted molar refractivity (Wildman–Crippen MR) is 128 cm³/mol. The number of carbonyl (C=O) groups is 2. The summed E-state index contributed by atoms with van der Waals surface area (Å²) in [5.74, 6) is -0.292. The first kappa shape index (κ1) is 22.7. The third kappa shape index (κ3) is 6.07. The number of halogens is 1. The highest BCUT2D eigenvalue weighted by Gasteiger charge is 2.37. The Morgan fingerprint density at radius 2 is 1.64 bits per heavy atom. The molecular weight excluding hydrogens is 415 g/mol. The zero-order chi connectivity index (χ0) is 23.1. The second kappa shape index (κ2) is 10.4. The Morgan fingerprint density at radius 1 is 0.939 bits per heavy atom. The lowest BCUT2D eigenvalue weighted by atomic mass is 9.84. The van der Waals surface area contributed by atoms with Crippen LogP contribution >= 0.6 is 0 Å². The van der Waals surface area contributed by atoms with Gasteiger partial charge in [-0.05, 0) is 54.0 Å².